The molecule has 0 amide bonds. The standard InChI is InChI=1S/C11H14N2O4S2/c1-17-9(14)11(4-5-11)8-6-18-10(12-8)13-19(15,16)7-2-3-7/h6-7H,2-5H2,1H3,(H,12,13). The summed E-state index contributed by atoms with van der Waals surface area (Å²) in [7, 11) is -1.94. The third kappa shape index (κ3) is 2.23. The van der Waals surface area contributed by atoms with Crippen LogP contribution in [0, 0.1) is 0 Å². The van der Waals surface area contributed by atoms with Crippen molar-refractivity contribution < 1.29 is 17.9 Å². The van der Waals surface area contributed by atoms with E-state index in [-0.39, 0.29) is 11.2 Å². The number of nitrogens with one attached hydrogen (secondary N) is 1. The summed E-state index contributed by atoms with van der Waals surface area (Å²) in [4.78, 5) is 15.9. The van der Waals surface area contributed by atoms with E-state index in [1.807, 2.05) is 0 Å². The van der Waals surface area contributed by atoms with Crippen molar-refractivity contribution in [3.8, 4) is 0 Å². The normalized spacial score (nSPS) is 20.9. The largest absolute Gasteiger partial charge is 0.468 e. The number of carbonyl (C=O) groups is 1. The van der Waals surface area contributed by atoms with Gasteiger partial charge in [-0.3, -0.25) is 9.52 Å². The Balaban J connectivity index is 1.79. The molecule has 1 aromatic rings. The molecule has 2 fully saturated rings. The van der Waals surface area contributed by atoms with E-state index >= 15 is 0 Å². The van der Waals surface area contributed by atoms with Gasteiger partial charge in [0.05, 0.1) is 18.1 Å². The Morgan fingerprint density at radius 1 is 1.53 bits per heavy atom. The van der Waals surface area contributed by atoms with Crippen LogP contribution in [0.1, 0.15) is 31.4 Å². The van der Waals surface area contributed by atoms with Gasteiger partial charge in [-0.1, -0.05) is 0 Å². The molecule has 19 heavy (non-hydrogen) atoms. The molecule has 0 saturated heterocycles. The summed E-state index contributed by atoms with van der Waals surface area (Å²) in [5.41, 5.74) is -0.0352. The number of nitrogens with zero attached hydrogens (tertiary/aromatic N) is 1. The van der Waals surface area contributed by atoms with Gasteiger partial charge >= 0.3 is 5.97 Å². The van der Waals surface area contributed by atoms with Crippen LogP contribution < -0.4 is 4.72 Å². The molecule has 104 valence electrons. The average molecular weight is 302 g/mol. The molecule has 3 rings (SSSR count). The fraction of sp³-hybridized carbons (Fsp3) is 0.636. The molecule has 0 unspecified atom stereocenters. The van der Waals surface area contributed by atoms with Gasteiger partial charge in [0.25, 0.3) is 0 Å². The minimum atomic E-state index is -3.30. The van der Waals surface area contributed by atoms with Crippen molar-refractivity contribution in [2.45, 2.75) is 36.3 Å². The number of thiazole rings is 1. The molecule has 0 spiro atoms. The SMILES string of the molecule is COC(=O)C1(c2csc(NS(=O)(=O)C3CC3)n2)CC1. The van der Waals surface area contributed by atoms with E-state index in [1.54, 1.807) is 5.38 Å². The fourth-order valence-corrected chi connectivity index (χ4v) is 4.41. The Bertz CT molecular complexity index is 614. The minimum Gasteiger partial charge on any atom is -0.468 e. The number of aromatic nitrogens is 1. The van der Waals surface area contributed by atoms with Crippen molar-refractivity contribution in [2.75, 3.05) is 11.8 Å². The maximum Gasteiger partial charge on any atom is 0.317 e. The summed E-state index contributed by atoms with van der Waals surface area (Å²) in [6.45, 7) is 0. The van der Waals surface area contributed by atoms with Gasteiger partial charge in [-0.25, -0.2) is 13.4 Å². The highest BCUT2D eigenvalue weighted by Crippen LogP contribution is 2.49. The van der Waals surface area contributed by atoms with Gasteiger partial charge in [-0.05, 0) is 25.7 Å². The molecular formula is C11H14N2O4S2. The highest BCUT2D eigenvalue weighted by Gasteiger charge is 2.54. The summed E-state index contributed by atoms with van der Waals surface area (Å²) in [5.74, 6) is -0.297. The molecule has 0 atom stereocenters. The molecule has 0 radical (unpaired) electrons. The smallest absolute Gasteiger partial charge is 0.317 e. The minimum absolute atomic E-state index is 0.282. The summed E-state index contributed by atoms with van der Waals surface area (Å²) >= 11 is 1.21. The molecule has 0 aromatic carbocycles. The van der Waals surface area contributed by atoms with Crippen LogP contribution in [0.4, 0.5) is 5.13 Å². The number of ether oxygens (including phenoxy) is 1. The molecule has 1 aromatic heterocycles. The Morgan fingerprint density at radius 2 is 2.21 bits per heavy atom. The first-order valence-corrected chi connectivity index (χ1v) is 8.46. The number of methoxy groups -OCH3 is 1. The predicted octanol–water partition coefficient (Wildman–Crippen LogP) is 1.25. The van der Waals surface area contributed by atoms with Gasteiger partial charge in [0, 0.05) is 5.38 Å². The monoisotopic (exact) mass is 302 g/mol. The molecule has 1 N–H and O–H groups in total. The molecule has 6 nitrogen and oxygen atoms in total. The second kappa shape index (κ2) is 4.17. The van der Waals surface area contributed by atoms with Crippen molar-refractivity contribution >= 4 is 32.5 Å². The van der Waals surface area contributed by atoms with Crippen LogP contribution in [0.15, 0.2) is 5.38 Å². The lowest BCUT2D eigenvalue weighted by atomic mass is 10.0. The number of anilines is 1. The van der Waals surface area contributed by atoms with E-state index in [2.05, 4.69) is 9.71 Å². The predicted molar refractivity (Wildman–Crippen MR) is 70.6 cm³/mol. The Labute approximate surface area is 115 Å². The zero-order chi connectivity index (χ0) is 13.7. The maximum atomic E-state index is 11.8. The molecule has 0 bridgehead atoms. The van der Waals surface area contributed by atoms with Crippen molar-refractivity contribution in [3.05, 3.63) is 11.1 Å². The van der Waals surface area contributed by atoms with Gasteiger partial charge in [0.15, 0.2) is 5.13 Å². The van der Waals surface area contributed by atoms with E-state index in [0.29, 0.717) is 36.5 Å². The van der Waals surface area contributed by atoms with Crippen molar-refractivity contribution in [3.63, 3.8) is 0 Å². The molecule has 0 aliphatic heterocycles. The zero-order valence-corrected chi connectivity index (χ0v) is 12.0. The first kappa shape index (κ1) is 12.9. The molecule has 2 aliphatic carbocycles. The van der Waals surface area contributed by atoms with Crippen LogP contribution in [-0.4, -0.2) is 31.7 Å². The second-order valence-electron chi connectivity index (χ2n) is 4.96. The molecule has 2 aliphatic rings. The summed E-state index contributed by atoms with van der Waals surface area (Å²) in [5, 5.41) is 1.78. The first-order chi connectivity index (χ1) is 8.98. The summed E-state index contributed by atoms with van der Waals surface area (Å²) in [6, 6.07) is 0. The maximum absolute atomic E-state index is 11.8. The van der Waals surface area contributed by atoms with E-state index in [9.17, 15) is 13.2 Å². The number of rotatable bonds is 5. The summed E-state index contributed by atoms with van der Waals surface area (Å²) < 4.78 is 30.8. The number of hydrogen-bond donors (Lipinski definition) is 1. The third-order valence-electron chi connectivity index (χ3n) is 3.51. The zero-order valence-electron chi connectivity index (χ0n) is 10.4. The number of hydrogen-bond acceptors (Lipinski definition) is 6. The van der Waals surface area contributed by atoms with Crippen molar-refractivity contribution in [1.82, 2.24) is 4.98 Å². The van der Waals surface area contributed by atoms with Crippen molar-refractivity contribution in [2.24, 2.45) is 0 Å². The highest BCUT2D eigenvalue weighted by atomic mass is 32.2. The van der Waals surface area contributed by atoms with Crippen molar-refractivity contribution in [1.29, 1.82) is 0 Å². The number of carbonyl (C=O) groups excluding carboxylic acids is 1. The van der Waals surface area contributed by atoms with Gasteiger partial charge < -0.3 is 4.74 Å². The van der Waals surface area contributed by atoms with Crippen LogP contribution >= 0.6 is 11.3 Å². The molecule has 8 heteroatoms. The Morgan fingerprint density at radius 3 is 2.74 bits per heavy atom. The summed E-state index contributed by atoms with van der Waals surface area (Å²) in [6.07, 6.45) is 2.83. The lowest BCUT2D eigenvalue weighted by Gasteiger charge is -2.08. The second-order valence-corrected chi connectivity index (χ2v) is 7.78. The molecule has 2 saturated carbocycles. The van der Waals surface area contributed by atoms with E-state index in [4.69, 9.17) is 4.74 Å². The first-order valence-electron chi connectivity index (χ1n) is 6.04. The van der Waals surface area contributed by atoms with Gasteiger partial charge in [-0.15, -0.1) is 11.3 Å². The van der Waals surface area contributed by atoms with E-state index < -0.39 is 15.4 Å². The topological polar surface area (TPSA) is 85.4 Å². The van der Waals surface area contributed by atoms with Gasteiger partial charge in [-0.2, -0.15) is 0 Å². The third-order valence-corrected chi connectivity index (χ3v) is 6.23. The van der Waals surface area contributed by atoms with Gasteiger partial charge in [0.2, 0.25) is 10.0 Å². The number of esters is 1. The van der Waals surface area contributed by atoms with Crippen LogP contribution in [0.2, 0.25) is 0 Å². The van der Waals surface area contributed by atoms with E-state index in [1.165, 1.54) is 18.4 Å². The van der Waals surface area contributed by atoms with Crippen LogP contribution in [0.3, 0.4) is 0 Å². The van der Waals surface area contributed by atoms with Crippen LogP contribution in [0.5, 0.6) is 0 Å². The fourth-order valence-electron chi connectivity index (χ4n) is 2.01. The number of sulfonamides is 1. The van der Waals surface area contributed by atoms with Crippen LogP contribution in [-0.2, 0) is 25.0 Å². The Kier molecular flexibility index (Phi) is 2.82. The average Bonchev–Trinajstić information content (AvgIpc) is 3.27. The lowest BCUT2D eigenvalue weighted by Crippen LogP contribution is -2.22. The quantitative estimate of drug-likeness (QED) is 0.827. The van der Waals surface area contributed by atoms with Gasteiger partial charge in [0.1, 0.15) is 5.41 Å². The highest BCUT2D eigenvalue weighted by molar-refractivity contribution is 7.93. The van der Waals surface area contributed by atoms with Crippen LogP contribution in [0.25, 0.3) is 0 Å². The molecular weight excluding hydrogens is 288 g/mol. The Hall–Kier alpha value is -1.15. The lowest BCUT2D eigenvalue weighted by molar-refractivity contribution is -0.143. The van der Waals surface area contributed by atoms with E-state index in [0.717, 1.165) is 0 Å². The molecule has 1 heterocycles.